The van der Waals surface area contributed by atoms with Crippen LogP contribution in [0.1, 0.15) is 67.0 Å². The molecule has 8 nitrogen and oxygen atoms in total. The number of anilines is 1. The van der Waals surface area contributed by atoms with E-state index in [0.717, 1.165) is 39.3 Å². The number of aromatic nitrogens is 3. The molecule has 0 bridgehead atoms. The number of carbonyl (C=O) groups is 1. The number of rotatable bonds is 8. The van der Waals surface area contributed by atoms with E-state index >= 15 is 4.39 Å². The first-order valence-corrected chi connectivity index (χ1v) is 11.3. The molecule has 0 aliphatic heterocycles. The summed E-state index contributed by atoms with van der Waals surface area (Å²) >= 11 is 0. The molecule has 0 aliphatic rings. The first-order valence-electron chi connectivity index (χ1n) is 11.3. The minimum absolute atomic E-state index is 0.00610. The molecule has 0 spiro atoms. The summed E-state index contributed by atoms with van der Waals surface area (Å²) in [6.45, 7) is 9.08. The van der Waals surface area contributed by atoms with Gasteiger partial charge in [-0.1, -0.05) is 31.5 Å². The monoisotopic (exact) mass is 470 g/mol. The molecule has 0 radical (unpaired) electrons. The molecule has 1 amide bonds. The Morgan fingerprint density at radius 1 is 1.24 bits per heavy atom. The predicted octanol–water partition coefficient (Wildman–Crippen LogP) is 4.20. The predicted molar refractivity (Wildman–Crippen MR) is 128 cm³/mol. The van der Waals surface area contributed by atoms with Crippen LogP contribution in [0, 0.1) is 19.7 Å². The van der Waals surface area contributed by atoms with Crippen LogP contribution in [0.15, 0.2) is 35.1 Å². The number of hydrogen-bond donors (Lipinski definition) is 2. The Balaban J connectivity index is 2.12. The Labute approximate surface area is 198 Å². The average molecular weight is 471 g/mol. The van der Waals surface area contributed by atoms with E-state index in [4.69, 9.17) is 4.74 Å². The summed E-state index contributed by atoms with van der Waals surface area (Å²) in [5, 5.41) is 16.8. The molecule has 2 atom stereocenters. The first kappa shape index (κ1) is 25.2. The molecule has 0 saturated carbocycles. The van der Waals surface area contributed by atoms with Gasteiger partial charge in [-0.15, -0.1) is 5.10 Å². The van der Waals surface area contributed by atoms with Crippen LogP contribution in [-0.2, 0) is 7.05 Å². The van der Waals surface area contributed by atoms with Gasteiger partial charge in [0.1, 0.15) is 23.4 Å². The van der Waals surface area contributed by atoms with Crippen LogP contribution in [0.3, 0.4) is 0 Å². The highest BCUT2D eigenvalue weighted by atomic mass is 19.1. The summed E-state index contributed by atoms with van der Waals surface area (Å²) in [5.74, 6) is -1.13. The minimum atomic E-state index is -1.02. The summed E-state index contributed by atoms with van der Waals surface area (Å²) in [7, 11) is 1.44. The normalized spacial score (nSPS) is 12.9. The Morgan fingerprint density at radius 2 is 1.88 bits per heavy atom. The Bertz CT molecular complexity index is 1240. The SMILES string of the molecule is CCC[C@@H](C)Oc1cc(-n2nc(C(C)O)n(C)c2=O)c(F)cc1C(=O)Nc1c(C)cccc1C. The molecule has 1 unspecified atom stereocenters. The van der Waals surface area contributed by atoms with Crippen molar-refractivity contribution < 1.29 is 19.0 Å². The van der Waals surface area contributed by atoms with Crippen molar-refractivity contribution in [1.82, 2.24) is 14.3 Å². The third-order valence-corrected chi connectivity index (χ3v) is 5.65. The summed E-state index contributed by atoms with van der Waals surface area (Å²) < 4.78 is 23.3. The van der Waals surface area contributed by atoms with Gasteiger partial charge < -0.3 is 15.2 Å². The molecule has 0 saturated heterocycles. The van der Waals surface area contributed by atoms with E-state index in [2.05, 4.69) is 10.4 Å². The zero-order valence-corrected chi connectivity index (χ0v) is 20.3. The molecule has 2 N–H and O–H groups in total. The second-order valence-corrected chi connectivity index (χ2v) is 8.53. The van der Waals surface area contributed by atoms with E-state index in [1.54, 1.807) is 0 Å². The highest BCUT2D eigenvalue weighted by Crippen LogP contribution is 2.29. The second-order valence-electron chi connectivity index (χ2n) is 8.53. The van der Waals surface area contributed by atoms with Crippen molar-refractivity contribution in [2.45, 2.75) is 59.7 Å². The number of ether oxygens (including phenoxy) is 1. The van der Waals surface area contributed by atoms with Crippen molar-refractivity contribution in [3.63, 3.8) is 0 Å². The lowest BCUT2D eigenvalue weighted by atomic mass is 10.1. The van der Waals surface area contributed by atoms with Crippen LogP contribution < -0.4 is 15.7 Å². The van der Waals surface area contributed by atoms with Crippen molar-refractivity contribution in [2.24, 2.45) is 7.05 Å². The second kappa shape index (κ2) is 10.2. The van der Waals surface area contributed by atoms with Gasteiger partial charge in [0.15, 0.2) is 5.82 Å². The lowest BCUT2D eigenvalue weighted by molar-refractivity contribution is 0.101. The van der Waals surface area contributed by atoms with E-state index in [0.29, 0.717) is 5.69 Å². The number of aliphatic hydroxyl groups is 1. The van der Waals surface area contributed by atoms with Crippen LogP contribution in [0.4, 0.5) is 10.1 Å². The first-order chi connectivity index (χ1) is 16.0. The molecule has 182 valence electrons. The number of halogens is 1. The lowest BCUT2D eigenvalue weighted by Gasteiger charge is -2.19. The maximum atomic E-state index is 15.3. The van der Waals surface area contributed by atoms with Crippen LogP contribution in [0.5, 0.6) is 5.75 Å². The number of aryl methyl sites for hydroxylation is 2. The minimum Gasteiger partial charge on any atom is -0.490 e. The van der Waals surface area contributed by atoms with Crippen LogP contribution in [-0.4, -0.2) is 31.5 Å². The van der Waals surface area contributed by atoms with Gasteiger partial charge in [0.2, 0.25) is 0 Å². The fourth-order valence-electron chi connectivity index (χ4n) is 3.83. The third kappa shape index (κ3) is 5.04. The number of benzene rings is 2. The molecule has 2 aromatic carbocycles. The number of carbonyl (C=O) groups excluding carboxylic acids is 1. The summed E-state index contributed by atoms with van der Waals surface area (Å²) in [4.78, 5) is 25.9. The van der Waals surface area contributed by atoms with Crippen molar-refractivity contribution >= 4 is 11.6 Å². The fraction of sp³-hybridized carbons (Fsp3) is 0.400. The zero-order valence-electron chi connectivity index (χ0n) is 20.3. The Kier molecular flexibility index (Phi) is 7.56. The molecular formula is C25H31FN4O4. The van der Waals surface area contributed by atoms with Crippen molar-refractivity contribution in [3.8, 4) is 11.4 Å². The average Bonchev–Trinajstić information content (AvgIpc) is 3.06. The van der Waals surface area contributed by atoms with Crippen molar-refractivity contribution in [2.75, 3.05) is 5.32 Å². The highest BCUT2D eigenvalue weighted by Gasteiger charge is 2.24. The molecule has 9 heteroatoms. The zero-order chi connectivity index (χ0) is 25.2. The van der Waals surface area contributed by atoms with E-state index in [1.807, 2.05) is 45.9 Å². The number of amides is 1. The molecule has 3 rings (SSSR count). The number of hydrogen-bond acceptors (Lipinski definition) is 5. The van der Waals surface area contributed by atoms with Gasteiger partial charge in [-0.2, -0.15) is 4.68 Å². The molecule has 1 heterocycles. The smallest absolute Gasteiger partial charge is 0.350 e. The van der Waals surface area contributed by atoms with Gasteiger partial charge in [0.05, 0.1) is 11.7 Å². The molecule has 1 aromatic heterocycles. The van der Waals surface area contributed by atoms with Crippen LogP contribution in [0.2, 0.25) is 0 Å². The van der Waals surface area contributed by atoms with E-state index in [1.165, 1.54) is 20.0 Å². The quantitative estimate of drug-likeness (QED) is 0.514. The Morgan fingerprint density at radius 3 is 2.44 bits per heavy atom. The van der Waals surface area contributed by atoms with Gasteiger partial charge in [-0.25, -0.2) is 9.18 Å². The maximum Gasteiger partial charge on any atom is 0.350 e. The van der Waals surface area contributed by atoms with Gasteiger partial charge >= 0.3 is 5.69 Å². The van der Waals surface area contributed by atoms with E-state index in [9.17, 15) is 14.7 Å². The molecule has 0 fully saturated rings. The highest BCUT2D eigenvalue weighted by molar-refractivity contribution is 6.07. The molecule has 0 aliphatic carbocycles. The number of para-hydroxylation sites is 1. The fourth-order valence-corrected chi connectivity index (χ4v) is 3.83. The van der Waals surface area contributed by atoms with Crippen molar-refractivity contribution in [3.05, 3.63) is 69.1 Å². The van der Waals surface area contributed by atoms with Gasteiger partial charge in [-0.3, -0.25) is 9.36 Å². The summed E-state index contributed by atoms with van der Waals surface area (Å²) in [6, 6.07) is 8.00. The maximum absolute atomic E-state index is 15.3. The van der Waals surface area contributed by atoms with Crippen molar-refractivity contribution in [1.29, 1.82) is 0 Å². The lowest BCUT2D eigenvalue weighted by Crippen LogP contribution is -2.24. The summed E-state index contributed by atoms with van der Waals surface area (Å²) in [5.41, 5.74) is 1.60. The van der Waals surface area contributed by atoms with Gasteiger partial charge in [-0.05, 0) is 51.3 Å². The Hall–Kier alpha value is -3.46. The van der Waals surface area contributed by atoms with Crippen LogP contribution >= 0.6 is 0 Å². The molecule has 3 aromatic rings. The number of nitrogens with zero attached hydrogens (tertiary/aromatic N) is 3. The van der Waals surface area contributed by atoms with E-state index < -0.39 is 23.5 Å². The number of aliphatic hydroxyl groups excluding tert-OH is 1. The molecule has 34 heavy (non-hydrogen) atoms. The van der Waals surface area contributed by atoms with E-state index in [-0.39, 0.29) is 28.9 Å². The van der Waals surface area contributed by atoms with Gasteiger partial charge in [0, 0.05) is 18.8 Å². The largest absolute Gasteiger partial charge is 0.490 e. The van der Waals surface area contributed by atoms with Gasteiger partial charge in [0.25, 0.3) is 5.91 Å². The standard InChI is InChI=1S/C25H31FN4O4/c1-7-9-16(4)34-21-13-20(30-25(33)29(6)23(28-30)17(5)31)19(26)12-18(21)24(32)27-22-14(2)10-8-11-15(22)3/h8,10-13,16-17,31H,7,9H2,1-6H3,(H,27,32)/t16-,17?/m1/s1. The molecular weight excluding hydrogens is 439 g/mol. The third-order valence-electron chi connectivity index (χ3n) is 5.65. The number of nitrogens with one attached hydrogen (secondary N) is 1. The summed E-state index contributed by atoms with van der Waals surface area (Å²) in [6.07, 6.45) is 0.310. The topological polar surface area (TPSA) is 98.4 Å². The van der Waals surface area contributed by atoms with Crippen LogP contribution in [0.25, 0.3) is 5.69 Å².